The monoisotopic (exact) mass is 705 g/mol. The largest absolute Gasteiger partial charge is 0.506 e. The van der Waals surface area contributed by atoms with Gasteiger partial charge in [-0.15, -0.1) is 0 Å². The zero-order valence-electron chi connectivity index (χ0n) is 29.0. The summed E-state index contributed by atoms with van der Waals surface area (Å²) in [5.41, 5.74) is 4.71. The summed E-state index contributed by atoms with van der Waals surface area (Å²) in [6.45, 7) is 2.67. The van der Waals surface area contributed by atoms with E-state index in [0.717, 1.165) is 16.7 Å². The molecule has 1 atom stereocenters. The standard InChI is InChI=1S/C40H43N5O7/c1-51-45(29-13-11-27(12-14-29)25-41-26-36(47)32-15-17-35(46)39-33(32)16-18-37(48)43-39)38(49)21-24-44-22-19-30(20-23-44)52-40(50)42-34-10-6-5-9-31(34)28-7-3-2-4-8-28/h2-18,30,36,41,46-47H,19-26H2,1H3,(H,42,50)(H,43,48). The molecule has 0 saturated carbocycles. The lowest BCUT2D eigenvalue weighted by molar-refractivity contribution is -0.125. The van der Waals surface area contributed by atoms with Crippen molar-refractivity contribution in [3.8, 4) is 16.9 Å². The average molecular weight is 706 g/mol. The van der Waals surface area contributed by atoms with Crippen molar-refractivity contribution in [1.29, 1.82) is 0 Å². The number of hydrogen-bond acceptors (Lipinski definition) is 9. The number of fused-ring (bicyclic) bond motifs is 1. The number of phenolic OH excluding ortho intramolecular Hbond substituents is 1. The van der Waals surface area contributed by atoms with Crippen molar-refractivity contribution < 1.29 is 29.4 Å². The highest BCUT2D eigenvalue weighted by Crippen LogP contribution is 2.30. The Bertz CT molecular complexity index is 2030. The molecule has 0 spiro atoms. The Morgan fingerprint density at radius 3 is 2.42 bits per heavy atom. The topological polar surface area (TPSA) is 156 Å². The number of ether oxygens (including phenoxy) is 1. The third kappa shape index (κ3) is 9.03. The van der Waals surface area contributed by atoms with Gasteiger partial charge in [0.25, 0.3) is 5.91 Å². The number of amides is 2. The third-order valence-corrected chi connectivity index (χ3v) is 9.21. The minimum Gasteiger partial charge on any atom is -0.506 e. The van der Waals surface area contributed by atoms with Crippen LogP contribution in [0.1, 0.15) is 36.5 Å². The quantitative estimate of drug-likeness (QED) is 0.0967. The summed E-state index contributed by atoms with van der Waals surface area (Å²) in [6.07, 6.45) is 0.0542. The molecule has 1 aromatic heterocycles. The Labute approximate surface area is 301 Å². The van der Waals surface area contributed by atoms with E-state index in [4.69, 9.17) is 9.57 Å². The Morgan fingerprint density at radius 2 is 1.67 bits per heavy atom. The van der Waals surface area contributed by atoms with Crippen LogP contribution in [0.2, 0.25) is 0 Å². The minimum absolute atomic E-state index is 0.0596. The molecule has 52 heavy (non-hydrogen) atoms. The number of benzene rings is 4. The van der Waals surface area contributed by atoms with Gasteiger partial charge in [-0.2, -0.15) is 5.06 Å². The minimum atomic E-state index is -0.874. The van der Waals surface area contributed by atoms with E-state index in [1.54, 1.807) is 12.1 Å². The number of aliphatic hydroxyl groups is 1. The van der Waals surface area contributed by atoms with Gasteiger partial charge >= 0.3 is 6.09 Å². The van der Waals surface area contributed by atoms with Crippen molar-refractivity contribution in [2.24, 2.45) is 0 Å². The maximum absolute atomic E-state index is 13.2. The summed E-state index contributed by atoms with van der Waals surface area (Å²) in [6, 6.07) is 30.9. The van der Waals surface area contributed by atoms with Gasteiger partial charge in [-0.1, -0.05) is 66.7 Å². The second-order valence-corrected chi connectivity index (χ2v) is 12.7. The number of H-pyrrole nitrogens is 1. The maximum atomic E-state index is 13.2. The summed E-state index contributed by atoms with van der Waals surface area (Å²) in [5, 5.41) is 28.9. The van der Waals surface area contributed by atoms with Crippen LogP contribution in [-0.4, -0.2) is 71.5 Å². The Balaban J connectivity index is 0.925. The number of aromatic hydroxyl groups is 1. The van der Waals surface area contributed by atoms with Gasteiger partial charge in [-0.3, -0.25) is 19.7 Å². The van der Waals surface area contributed by atoms with Crippen molar-refractivity contribution >= 4 is 34.3 Å². The number of aromatic nitrogens is 1. The number of hydroxylamine groups is 1. The van der Waals surface area contributed by atoms with Crippen LogP contribution in [0.3, 0.4) is 0 Å². The molecule has 2 heterocycles. The molecule has 12 nitrogen and oxygen atoms in total. The molecule has 270 valence electrons. The Morgan fingerprint density at radius 1 is 0.942 bits per heavy atom. The van der Waals surface area contributed by atoms with Crippen molar-refractivity contribution in [3.05, 3.63) is 125 Å². The number of para-hydroxylation sites is 1. The molecule has 1 saturated heterocycles. The van der Waals surface area contributed by atoms with Crippen LogP contribution >= 0.6 is 0 Å². The molecular weight excluding hydrogens is 662 g/mol. The molecule has 5 N–H and O–H groups in total. The smallest absolute Gasteiger partial charge is 0.411 e. The predicted molar refractivity (Wildman–Crippen MR) is 200 cm³/mol. The molecule has 6 rings (SSSR count). The van der Waals surface area contributed by atoms with E-state index in [-0.39, 0.29) is 41.8 Å². The number of carbonyl (C=O) groups excluding carboxylic acids is 2. The zero-order valence-corrected chi connectivity index (χ0v) is 29.0. The first-order chi connectivity index (χ1) is 25.3. The van der Waals surface area contributed by atoms with Crippen molar-refractivity contribution in [2.75, 3.05) is 43.7 Å². The maximum Gasteiger partial charge on any atom is 0.411 e. The van der Waals surface area contributed by atoms with Gasteiger partial charge in [0.15, 0.2) is 0 Å². The van der Waals surface area contributed by atoms with Gasteiger partial charge in [0.05, 0.1) is 30.1 Å². The number of anilines is 2. The van der Waals surface area contributed by atoms with Crippen molar-refractivity contribution in [3.63, 3.8) is 0 Å². The fourth-order valence-electron chi connectivity index (χ4n) is 6.47. The predicted octanol–water partition coefficient (Wildman–Crippen LogP) is 5.72. The van der Waals surface area contributed by atoms with Crippen molar-refractivity contribution in [2.45, 2.75) is 38.0 Å². The molecule has 1 unspecified atom stereocenters. The van der Waals surface area contributed by atoms with E-state index in [0.29, 0.717) is 61.3 Å². The third-order valence-electron chi connectivity index (χ3n) is 9.21. The van der Waals surface area contributed by atoms with Gasteiger partial charge in [0, 0.05) is 56.2 Å². The number of pyridine rings is 1. The Kier molecular flexibility index (Phi) is 11.9. The molecule has 0 aliphatic carbocycles. The number of phenols is 1. The Hall–Kier alpha value is -5.53. The van der Waals surface area contributed by atoms with Gasteiger partial charge in [0.1, 0.15) is 11.9 Å². The molecule has 1 aliphatic heterocycles. The molecule has 2 amide bonds. The first kappa shape index (κ1) is 36.3. The average Bonchev–Trinajstić information content (AvgIpc) is 3.16. The van der Waals surface area contributed by atoms with Crippen LogP contribution in [0.25, 0.3) is 22.0 Å². The summed E-state index contributed by atoms with van der Waals surface area (Å²) >= 11 is 0. The first-order valence-corrected chi connectivity index (χ1v) is 17.3. The van der Waals surface area contributed by atoms with E-state index >= 15 is 0 Å². The number of rotatable bonds is 13. The van der Waals surface area contributed by atoms with Crippen LogP contribution < -0.4 is 21.3 Å². The molecule has 0 bridgehead atoms. The molecule has 1 aliphatic rings. The number of carbonyl (C=O) groups is 2. The van der Waals surface area contributed by atoms with E-state index in [1.807, 2.05) is 78.9 Å². The lowest BCUT2D eigenvalue weighted by atomic mass is 10.0. The highest BCUT2D eigenvalue weighted by atomic mass is 16.7. The summed E-state index contributed by atoms with van der Waals surface area (Å²) in [7, 11) is 1.46. The van der Waals surface area contributed by atoms with Gasteiger partial charge < -0.3 is 30.2 Å². The zero-order chi connectivity index (χ0) is 36.5. The fraction of sp³-hybridized carbons (Fsp3) is 0.275. The molecule has 5 aromatic rings. The number of likely N-dealkylation sites (tertiary alicyclic amines) is 1. The summed E-state index contributed by atoms with van der Waals surface area (Å²) < 4.78 is 5.75. The summed E-state index contributed by atoms with van der Waals surface area (Å²) in [4.78, 5) is 47.9. The summed E-state index contributed by atoms with van der Waals surface area (Å²) in [5.74, 6) is -0.232. The van der Waals surface area contributed by atoms with Crippen molar-refractivity contribution in [1.82, 2.24) is 15.2 Å². The lowest BCUT2D eigenvalue weighted by Crippen LogP contribution is -2.40. The van der Waals surface area contributed by atoms with Crippen LogP contribution in [0, 0.1) is 0 Å². The number of aliphatic hydroxyl groups excluding tert-OH is 1. The molecule has 12 heteroatoms. The van der Waals surface area contributed by atoms with Crippen LogP contribution in [-0.2, 0) is 20.9 Å². The van der Waals surface area contributed by atoms with Crippen LogP contribution in [0.4, 0.5) is 16.2 Å². The second kappa shape index (κ2) is 17.1. The molecule has 1 fully saturated rings. The lowest BCUT2D eigenvalue weighted by Gasteiger charge is -2.32. The number of nitrogens with one attached hydrogen (secondary N) is 3. The van der Waals surface area contributed by atoms with E-state index in [1.165, 1.54) is 24.3 Å². The normalized spacial score (nSPS) is 14.2. The molecule has 0 radical (unpaired) electrons. The van der Waals surface area contributed by atoms with E-state index in [9.17, 15) is 24.6 Å². The first-order valence-electron chi connectivity index (χ1n) is 17.3. The van der Waals surface area contributed by atoms with Gasteiger partial charge in [-0.25, -0.2) is 4.79 Å². The number of hydrogen-bond donors (Lipinski definition) is 5. The van der Waals surface area contributed by atoms with Crippen LogP contribution in [0.15, 0.2) is 108 Å². The van der Waals surface area contributed by atoms with E-state index < -0.39 is 12.2 Å². The van der Waals surface area contributed by atoms with Crippen LogP contribution in [0.5, 0.6) is 5.75 Å². The number of aromatic amines is 1. The van der Waals surface area contributed by atoms with E-state index in [2.05, 4.69) is 20.5 Å². The SMILES string of the molecule is CON(C(=O)CCN1CCC(OC(=O)Nc2ccccc2-c2ccccc2)CC1)c1ccc(CNCC(O)c2ccc(O)c3[nH]c(=O)ccc23)cc1. The molecule has 4 aromatic carbocycles. The van der Waals surface area contributed by atoms with Gasteiger partial charge in [0.2, 0.25) is 5.56 Å². The van der Waals surface area contributed by atoms with Gasteiger partial charge in [-0.05, 0) is 59.9 Å². The fourth-order valence-corrected chi connectivity index (χ4v) is 6.47. The number of piperidine rings is 1. The number of nitrogens with zero attached hydrogens (tertiary/aromatic N) is 2. The molecular formula is C40H43N5O7. The highest BCUT2D eigenvalue weighted by molar-refractivity contribution is 5.92. The highest BCUT2D eigenvalue weighted by Gasteiger charge is 2.24. The second-order valence-electron chi connectivity index (χ2n) is 12.7.